The molecule has 0 N–H and O–H groups in total. The molecule has 0 spiro atoms. The number of carbonyl (C=O) groups is 2. The Balaban J connectivity index is 1.51. The lowest BCUT2D eigenvalue weighted by Gasteiger charge is -2.30. The first-order valence-corrected chi connectivity index (χ1v) is 16.8. The van der Waals surface area contributed by atoms with Crippen molar-refractivity contribution in [2.45, 2.75) is 108 Å². The van der Waals surface area contributed by atoms with Gasteiger partial charge in [-0.05, 0) is 82.1 Å². The third kappa shape index (κ3) is 12.4. The van der Waals surface area contributed by atoms with Crippen LogP contribution in [0.5, 0.6) is 5.75 Å². The number of carbonyl (C=O) groups excluding carboxylic acids is 2. The molecule has 2 heterocycles. The van der Waals surface area contributed by atoms with E-state index in [1.54, 1.807) is 12.1 Å². The number of rotatable bonds is 16. The first-order valence-electron chi connectivity index (χ1n) is 16.4. The first-order chi connectivity index (χ1) is 21.9. The van der Waals surface area contributed by atoms with E-state index in [9.17, 15) is 9.59 Å². The summed E-state index contributed by atoms with van der Waals surface area (Å²) >= 11 is 6.06. The van der Waals surface area contributed by atoms with Gasteiger partial charge < -0.3 is 33.2 Å². The van der Waals surface area contributed by atoms with Crippen molar-refractivity contribution in [3.8, 4) is 5.75 Å². The van der Waals surface area contributed by atoms with Crippen molar-refractivity contribution in [3.05, 3.63) is 53.6 Å². The molecule has 0 amide bonds. The van der Waals surface area contributed by atoms with Crippen LogP contribution in [0.25, 0.3) is 0 Å². The lowest BCUT2D eigenvalue weighted by atomic mass is 9.89. The number of methoxy groups -OCH3 is 1. The van der Waals surface area contributed by atoms with E-state index in [-0.39, 0.29) is 54.7 Å². The summed E-state index contributed by atoms with van der Waals surface area (Å²) in [6, 6.07) is 7.26. The number of hydrogen-bond acceptors (Lipinski definition) is 9. The first kappa shape index (κ1) is 35.4. The molecule has 9 nitrogen and oxygen atoms in total. The highest BCUT2D eigenvalue weighted by atomic mass is 35.5. The zero-order valence-corrected chi connectivity index (χ0v) is 27.4. The molecule has 3 aliphatic rings. The maximum Gasteiger partial charge on any atom is 0.305 e. The highest BCUT2D eigenvalue weighted by Gasteiger charge is 2.45. The molecule has 4 rings (SSSR count). The molecule has 2 unspecified atom stereocenters. The van der Waals surface area contributed by atoms with Crippen molar-refractivity contribution < 1.29 is 42.7 Å². The smallest absolute Gasteiger partial charge is 0.305 e. The van der Waals surface area contributed by atoms with Gasteiger partial charge in [-0.25, -0.2) is 0 Å². The van der Waals surface area contributed by atoms with Crippen molar-refractivity contribution in [2.24, 2.45) is 11.8 Å². The summed E-state index contributed by atoms with van der Waals surface area (Å²) in [5.74, 6) is 0.108. The van der Waals surface area contributed by atoms with E-state index < -0.39 is 0 Å². The number of halogens is 1. The molecule has 1 saturated carbocycles. The third-order valence-electron chi connectivity index (χ3n) is 8.44. The molecule has 250 valence electrons. The molecule has 1 aromatic rings. The SMILES string of the molecule is COC(=O)CCCC=CC[C@@H]1[C@@H](C=C[C@H](COc2ccc(Cl)cc2)OC2CCCCO2)[C@H](OC2CCCCO2)C[C@@H]1OC(C)=O. The van der Waals surface area contributed by atoms with Crippen LogP contribution in [0.15, 0.2) is 48.6 Å². The molecule has 45 heavy (non-hydrogen) atoms. The highest BCUT2D eigenvalue weighted by molar-refractivity contribution is 6.30. The van der Waals surface area contributed by atoms with Gasteiger partial charge in [0.25, 0.3) is 0 Å². The van der Waals surface area contributed by atoms with E-state index in [2.05, 4.69) is 18.2 Å². The summed E-state index contributed by atoms with van der Waals surface area (Å²) in [6.45, 7) is 3.10. The molecule has 0 aromatic heterocycles. The summed E-state index contributed by atoms with van der Waals surface area (Å²) in [4.78, 5) is 23.6. The molecular formula is C35H49ClO9. The van der Waals surface area contributed by atoms with Crippen LogP contribution in [0.2, 0.25) is 5.02 Å². The predicted octanol–water partition coefficient (Wildman–Crippen LogP) is 6.96. The summed E-state index contributed by atoms with van der Waals surface area (Å²) in [5, 5.41) is 0.644. The number of unbranched alkanes of at least 4 members (excludes halogenated alkanes) is 1. The molecule has 3 fully saturated rings. The van der Waals surface area contributed by atoms with Gasteiger partial charge in [-0.2, -0.15) is 0 Å². The quantitative estimate of drug-likeness (QED) is 0.107. The lowest BCUT2D eigenvalue weighted by Crippen LogP contribution is -2.32. The Bertz CT molecular complexity index is 1080. The van der Waals surface area contributed by atoms with Crippen molar-refractivity contribution in [3.63, 3.8) is 0 Å². The third-order valence-corrected chi connectivity index (χ3v) is 8.69. The second-order valence-electron chi connectivity index (χ2n) is 11.9. The Morgan fingerprint density at radius 2 is 1.73 bits per heavy atom. The van der Waals surface area contributed by atoms with Gasteiger partial charge in [0.15, 0.2) is 12.6 Å². The molecule has 2 aliphatic heterocycles. The van der Waals surface area contributed by atoms with Crippen molar-refractivity contribution >= 4 is 23.5 Å². The highest BCUT2D eigenvalue weighted by Crippen LogP contribution is 2.41. The molecule has 1 aliphatic carbocycles. The minimum Gasteiger partial charge on any atom is -0.491 e. The molecule has 7 atom stereocenters. The normalized spacial score (nSPS) is 27.9. The fourth-order valence-corrected chi connectivity index (χ4v) is 6.25. The summed E-state index contributed by atoms with van der Waals surface area (Å²) < 4.78 is 41.5. The van der Waals surface area contributed by atoms with E-state index >= 15 is 0 Å². The van der Waals surface area contributed by atoms with Crippen LogP contribution in [-0.4, -0.2) is 69.8 Å². The number of ether oxygens (including phenoxy) is 7. The maximum atomic E-state index is 12.2. The lowest BCUT2D eigenvalue weighted by molar-refractivity contribution is -0.193. The van der Waals surface area contributed by atoms with Gasteiger partial charge >= 0.3 is 11.9 Å². The minimum absolute atomic E-state index is 0.0145. The van der Waals surface area contributed by atoms with Gasteiger partial charge in [0.05, 0.1) is 13.2 Å². The van der Waals surface area contributed by atoms with Crippen LogP contribution in [0.1, 0.15) is 77.6 Å². The summed E-state index contributed by atoms with van der Waals surface area (Å²) in [7, 11) is 1.40. The van der Waals surface area contributed by atoms with Gasteiger partial charge in [-0.1, -0.05) is 35.9 Å². The van der Waals surface area contributed by atoms with E-state index in [1.807, 2.05) is 18.2 Å². The number of hydrogen-bond donors (Lipinski definition) is 0. The standard InChI is InChI=1S/C35H49ClO9/c1-25(37)43-31-23-32(45-35-14-8-10-22-41-35)30(29(31)11-5-3-4-6-12-33(38)39-2)20-19-28(44-34-13-7-9-21-40-34)24-42-27-17-15-26(36)16-18-27/h3,5,15-20,28-32,34-35H,4,6-14,21-24H2,1-2H3/t28-,29-,30-,31+,32-,34?,35?/m1/s1. The van der Waals surface area contributed by atoms with E-state index in [1.165, 1.54) is 14.0 Å². The number of esters is 2. The second-order valence-corrected chi connectivity index (χ2v) is 12.3. The van der Waals surface area contributed by atoms with Crippen LogP contribution in [0.3, 0.4) is 0 Å². The van der Waals surface area contributed by atoms with Gasteiger partial charge in [0.2, 0.25) is 0 Å². The van der Waals surface area contributed by atoms with E-state index in [0.717, 1.165) is 44.9 Å². The Morgan fingerprint density at radius 3 is 2.40 bits per heavy atom. The van der Waals surface area contributed by atoms with E-state index in [4.69, 9.17) is 44.8 Å². The van der Waals surface area contributed by atoms with Crippen LogP contribution in [-0.2, 0) is 38.0 Å². The van der Waals surface area contributed by atoms with Crippen molar-refractivity contribution in [1.29, 1.82) is 0 Å². The van der Waals surface area contributed by atoms with Gasteiger partial charge in [-0.15, -0.1) is 0 Å². The van der Waals surface area contributed by atoms with Gasteiger partial charge in [0.1, 0.15) is 24.6 Å². The number of benzene rings is 1. The molecule has 1 aromatic carbocycles. The Labute approximate surface area is 272 Å². The Morgan fingerprint density at radius 1 is 1.00 bits per heavy atom. The zero-order valence-electron chi connectivity index (χ0n) is 26.6. The molecular weight excluding hydrogens is 600 g/mol. The topological polar surface area (TPSA) is 98.8 Å². The Hall–Kier alpha value is -2.43. The van der Waals surface area contributed by atoms with Crippen molar-refractivity contribution in [1.82, 2.24) is 0 Å². The predicted molar refractivity (Wildman–Crippen MR) is 170 cm³/mol. The fourth-order valence-electron chi connectivity index (χ4n) is 6.12. The van der Waals surface area contributed by atoms with Crippen molar-refractivity contribution in [2.75, 3.05) is 26.9 Å². The molecule has 0 radical (unpaired) electrons. The minimum atomic E-state index is -0.377. The van der Waals surface area contributed by atoms with Gasteiger partial charge in [0, 0.05) is 49.8 Å². The Kier molecular flexibility index (Phi) is 15.2. The molecule has 0 bridgehead atoms. The molecule has 2 saturated heterocycles. The average molecular weight is 649 g/mol. The number of allylic oxidation sites excluding steroid dienone is 2. The largest absolute Gasteiger partial charge is 0.491 e. The summed E-state index contributed by atoms with van der Waals surface area (Å²) in [5.41, 5.74) is 0. The second kappa shape index (κ2) is 19.3. The summed E-state index contributed by atoms with van der Waals surface area (Å²) in [6.07, 6.45) is 15.9. The van der Waals surface area contributed by atoms with Gasteiger partial charge in [-0.3, -0.25) is 9.59 Å². The average Bonchev–Trinajstić information content (AvgIpc) is 3.35. The molecule has 10 heteroatoms. The maximum absolute atomic E-state index is 12.2. The monoisotopic (exact) mass is 648 g/mol. The zero-order chi connectivity index (χ0) is 31.9. The van der Waals surface area contributed by atoms with E-state index in [0.29, 0.717) is 56.3 Å². The van der Waals surface area contributed by atoms with Crippen LogP contribution < -0.4 is 4.74 Å². The fraction of sp³-hybridized carbons (Fsp3) is 0.657. The van der Waals surface area contributed by atoms with Crippen LogP contribution >= 0.6 is 11.6 Å². The van der Waals surface area contributed by atoms with Crippen LogP contribution in [0.4, 0.5) is 0 Å². The van der Waals surface area contributed by atoms with Crippen LogP contribution in [0, 0.1) is 11.8 Å².